The average molecular weight is 292 g/mol. The van der Waals surface area contributed by atoms with Gasteiger partial charge in [0.25, 0.3) is 5.91 Å². The summed E-state index contributed by atoms with van der Waals surface area (Å²) in [6.45, 7) is 1.70. The maximum absolute atomic E-state index is 12.0. The molecule has 1 aromatic carbocycles. The van der Waals surface area contributed by atoms with E-state index in [1.165, 1.54) is 6.07 Å². The quantitative estimate of drug-likeness (QED) is 0.902. The topological polar surface area (TPSA) is 85.1 Å². The summed E-state index contributed by atoms with van der Waals surface area (Å²) in [7, 11) is 0. The highest BCUT2D eigenvalue weighted by Gasteiger charge is 2.14. The number of aromatic nitrogens is 1. The molecule has 1 atom stereocenters. The molecule has 0 fully saturated rings. The maximum atomic E-state index is 12.0. The number of nitrogens with two attached hydrogens (primary N) is 1. The van der Waals surface area contributed by atoms with Crippen molar-refractivity contribution in [2.45, 2.75) is 19.4 Å². The molecule has 0 aliphatic heterocycles. The molecule has 0 saturated carbocycles. The third kappa shape index (κ3) is 3.24. The van der Waals surface area contributed by atoms with Gasteiger partial charge < -0.3 is 11.1 Å². The fourth-order valence-corrected chi connectivity index (χ4v) is 2.16. The van der Waals surface area contributed by atoms with Crippen LogP contribution in [0.15, 0.2) is 30.3 Å². The zero-order chi connectivity index (χ0) is 14.7. The number of primary amides is 1. The zero-order valence-electron chi connectivity index (χ0n) is 10.9. The van der Waals surface area contributed by atoms with Gasteiger partial charge in [-0.25, -0.2) is 4.98 Å². The molecule has 1 aromatic heterocycles. The molecule has 2 amide bonds. The fourth-order valence-electron chi connectivity index (χ4n) is 1.90. The number of benzene rings is 1. The maximum Gasteiger partial charge on any atom is 0.270 e. The second kappa shape index (κ2) is 5.88. The van der Waals surface area contributed by atoms with Crippen molar-refractivity contribution in [3.05, 3.63) is 41.0 Å². The molecule has 20 heavy (non-hydrogen) atoms. The Hall–Kier alpha value is -2.14. The van der Waals surface area contributed by atoms with E-state index in [-0.39, 0.29) is 24.1 Å². The van der Waals surface area contributed by atoms with Crippen molar-refractivity contribution >= 4 is 34.3 Å². The minimum absolute atomic E-state index is 0.0764. The Labute approximate surface area is 121 Å². The first kappa shape index (κ1) is 14.3. The molecule has 104 valence electrons. The van der Waals surface area contributed by atoms with Crippen LogP contribution < -0.4 is 11.1 Å². The normalized spacial score (nSPS) is 12.1. The van der Waals surface area contributed by atoms with Crippen LogP contribution in [0, 0.1) is 0 Å². The minimum Gasteiger partial charge on any atom is -0.370 e. The standard InChI is InChI=1S/C14H14ClN3O2/c1-8(6-13(16)19)17-14(20)12-7-10(15)9-4-2-3-5-11(9)18-12/h2-5,7-8H,6H2,1H3,(H2,16,19)(H,17,20). The van der Waals surface area contributed by atoms with E-state index in [0.29, 0.717) is 10.5 Å². The predicted molar refractivity (Wildman–Crippen MR) is 77.5 cm³/mol. The number of nitrogens with one attached hydrogen (secondary N) is 1. The summed E-state index contributed by atoms with van der Waals surface area (Å²) in [5.74, 6) is -0.853. The van der Waals surface area contributed by atoms with Gasteiger partial charge in [-0.05, 0) is 19.1 Å². The van der Waals surface area contributed by atoms with Crippen LogP contribution in [0.3, 0.4) is 0 Å². The Morgan fingerprint density at radius 3 is 2.80 bits per heavy atom. The van der Waals surface area contributed by atoms with E-state index < -0.39 is 5.91 Å². The van der Waals surface area contributed by atoms with E-state index in [0.717, 1.165) is 5.39 Å². The lowest BCUT2D eigenvalue weighted by Crippen LogP contribution is -2.36. The molecule has 6 heteroatoms. The monoisotopic (exact) mass is 291 g/mol. The molecule has 0 aliphatic carbocycles. The number of nitrogens with zero attached hydrogens (tertiary/aromatic N) is 1. The van der Waals surface area contributed by atoms with Crippen LogP contribution in [-0.2, 0) is 4.79 Å². The van der Waals surface area contributed by atoms with Gasteiger partial charge >= 0.3 is 0 Å². The lowest BCUT2D eigenvalue weighted by Gasteiger charge is -2.12. The van der Waals surface area contributed by atoms with Crippen molar-refractivity contribution in [2.75, 3.05) is 0 Å². The number of halogens is 1. The Morgan fingerprint density at radius 2 is 2.10 bits per heavy atom. The van der Waals surface area contributed by atoms with Gasteiger partial charge in [-0.1, -0.05) is 29.8 Å². The second-order valence-corrected chi connectivity index (χ2v) is 4.96. The minimum atomic E-state index is -0.470. The van der Waals surface area contributed by atoms with E-state index in [4.69, 9.17) is 17.3 Å². The SMILES string of the molecule is CC(CC(N)=O)NC(=O)c1cc(Cl)c2ccccc2n1. The van der Waals surface area contributed by atoms with Crippen LogP contribution >= 0.6 is 11.6 Å². The summed E-state index contributed by atoms with van der Waals surface area (Å²) < 4.78 is 0. The van der Waals surface area contributed by atoms with Crippen molar-refractivity contribution in [2.24, 2.45) is 5.73 Å². The molecular formula is C14H14ClN3O2. The van der Waals surface area contributed by atoms with Crippen LogP contribution in [0.25, 0.3) is 10.9 Å². The summed E-state index contributed by atoms with van der Waals surface area (Å²) in [6.07, 6.45) is 0.0764. The van der Waals surface area contributed by atoms with E-state index in [9.17, 15) is 9.59 Å². The highest BCUT2D eigenvalue weighted by molar-refractivity contribution is 6.35. The van der Waals surface area contributed by atoms with E-state index >= 15 is 0 Å². The Balaban J connectivity index is 2.24. The number of pyridine rings is 1. The third-order valence-corrected chi connectivity index (χ3v) is 3.10. The highest BCUT2D eigenvalue weighted by atomic mass is 35.5. The number of hydrogen-bond donors (Lipinski definition) is 2. The first-order chi connectivity index (χ1) is 9.47. The summed E-state index contributed by atoms with van der Waals surface area (Å²) in [5.41, 5.74) is 5.94. The molecule has 0 spiro atoms. The van der Waals surface area contributed by atoms with E-state index in [2.05, 4.69) is 10.3 Å². The van der Waals surface area contributed by atoms with Gasteiger partial charge in [0.05, 0.1) is 10.5 Å². The Morgan fingerprint density at radius 1 is 1.40 bits per heavy atom. The average Bonchev–Trinajstić information content (AvgIpc) is 2.37. The zero-order valence-corrected chi connectivity index (χ0v) is 11.6. The van der Waals surface area contributed by atoms with Gasteiger partial charge in [0.15, 0.2) is 0 Å². The summed E-state index contributed by atoms with van der Waals surface area (Å²) in [4.78, 5) is 27.1. The molecule has 2 aromatic rings. The Kier molecular flexibility index (Phi) is 4.20. The fraction of sp³-hybridized carbons (Fsp3) is 0.214. The number of amides is 2. The molecule has 2 rings (SSSR count). The van der Waals surface area contributed by atoms with Crippen molar-refractivity contribution in [3.8, 4) is 0 Å². The van der Waals surface area contributed by atoms with Gasteiger partial charge in [-0.15, -0.1) is 0 Å². The molecular weight excluding hydrogens is 278 g/mol. The van der Waals surface area contributed by atoms with Crippen LogP contribution in [0.1, 0.15) is 23.8 Å². The first-order valence-electron chi connectivity index (χ1n) is 6.12. The molecule has 0 radical (unpaired) electrons. The molecule has 0 aliphatic rings. The third-order valence-electron chi connectivity index (χ3n) is 2.78. The van der Waals surface area contributed by atoms with Crippen LogP contribution in [0.4, 0.5) is 0 Å². The molecule has 5 nitrogen and oxygen atoms in total. The predicted octanol–water partition coefficient (Wildman–Crippen LogP) is 1.88. The van der Waals surface area contributed by atoms with Crippen molar-refractivity contribution in [1.82, 2.24) is 10.3 Å². The first-order valence-corrected chi connectivity index (χ1v) is 6.49. The molecule has 1 unspecified atom stereocenters. The number of carbonyl (C=O) groups is 2. The summed E-state index contributed by atoms with van der Waals surface area (Å²) >= 11 is 6.13. The summed E-state index contributed by atoms with van der Waals surface area (Å²) in [6, 6.07) is 8.45. The van der Waals surface area contributed by atoms with Gasteiger partial charge in [0, 0.05) is 17.8 Å². The van der Waals surface area contributed by atoms with Crippen molar-refractivity contribution < 1.29 is 9.59 Å². The molecule has 0 saturated heterocycles. The van der Waals surface area contributed by atoms with Crippen LogP contribution in [0.5, 0.6) is 0 Å². The van der Waals surface area contributed by atoms with Gasteiger partial charge in [0.2, 0.25) is 5.91 Å². The lowest BCUT2D eigenvalue weighted by atomic mass is 10.2. The van der Waals surface area contributed by atoms with E-state index in [1.54, 1.807) is 13.0 Å². The molecule has 3 N–H and O–H groups in total. The molecule has 1 heterocycles. The van der Waals surface area contributed by atoms with Crippen LogP contribution in [-0.4, -0.2) is 22.8 Å². The number of carbonyl (C=O) groups excluding carboxylic acids is 2. The molecule has 0 bridgehead atoms. The van der Waals surface area contributed by atoms with Crippen LogP contribution in [0.2, 0.25) is 5.02 Å². The smallest absolute Gasteiger partial charge is 0.270 e. The lowest BCUT2D eigenvalue weighted by molar-refractivity contribution is -0.118. The largest absolute Gasteiger partial charge is 0.370 e. The number of hydrogen-bond acceptors (Lipinski definition) is 3. The van der Waals surface area contributed by atoms with Crippen molar-refractivity contribution in [1.29, 1.82) is 0 Å². The second-order valence-electron chi connectivity index (χ2n) is 4.55. The number of rotatable bonds is 4. The van der Waals surface area contributed by atoms with Gasteiger partial charge in [-0.2, -0.15) is 0 Å². The Bertz CT molecular complexity index is 673. The summed E-state index contributed by atoms with van der Waals surface area (Å²) in [5, 5.41) is 3.91. The van der Waals surface area contributed by atoms with E-state index in [1.807, 2.05) is 18.2 Å². The number of fused-ring (bicyclic) bond motifs is 1. The number of para-hydroxylation sites is 1. The van der Waals surface area contributed by atoms with Crippen molar-refractivity contribution in [3.63, 3.8) is 0 Å². The van der Waals surface area contributed by atoms with Gasteiger partial charge in [-0.3, -0.25) is 9.59 Å². The van der Waals surface area contributed by atoms with Gasteiger partial charge in [0.1, 0.15) is 5.69 Å². The highest BCUT2D eigenvalue weighted by Crippen LogP contribution is 2.22.